The third kappa shape index (κ3) is 4.20. The average Bonchev–Trinajstić information content (AvgIpc) is 2.67. The Labute approximate surface area is 147 Å². The van der Waals surface area contributed by atoms with Crippen molar-refractivity contribution in [1.29, 1.82) is 0 Å². The molecule has 0 aromatic heterocycles. The molecule has 0 bridgehead atoms. The summed E-state index contributed by atoms with van der Waals surface area (Å²) in [5.41, 5.74) is 6.31. The van der Waals surface area contributed by atoms with Crippen LogP contribution in [0, 0.1) is 5.82 Å². The van der Waals surface area contributed by atoms with Crippen molar-refractivity contribution >= 4 is 35.8 Å². The largest absolute Gasteiger partial charge is 0.491 e. The molecule has 0 atom stereocenters. The molecule has 2 rings (SSSR count). The van der Waals surface area contributed by atoms with Gasteiger partial charge in [-0.25, -0.2) is 4.39 Å². The van der Waals surface area contributed by atoms with E-state index in [0.29, 0.717) is 5.75 Å². The van der Waals surface area contributed by atoms with Crippen molar-refractivity contribution in [2.24, 2.45) is 0 Å². The first-order valence-electron chi connectivity index (χ1n) is 7.76. The molecule has 1 aromatic rings. The first kappa shape index (κ1) is 19.0. The van der Waals surface area contributed by atoms with Crippen molar-refractivity contribution in [2.75, 3.05) is 11.5 Å². The summed E-state index contributed by atoms with van der Waals surface area (Å²) in [6.07, 6.45) is 1.84. The van der Waals surface area contributed by atoms with Crippen molar-refractivity contribution in [1.82, 2.24) is 0 Å². The smallest absolute Gasteiger partial charge is 0.400 e. The molecule has 0 radical (unpaired) electrons. The second kappa shape index (κ2) is 6.90. The number of thioether (sulfide) groups is 1. The molecule has 7 heteroatoms. The van der Waals surface area contributed by atoms with Gasteiger partial charge in [0.2, 0.25) is 0 Å². The molecule has 1 aliphatic heterocycles. The van der Waals surface area contributed by atoms with Crippen molar-refractivity contribution < 1.29 is 18.5 Å². The first-order valence-corrected chi connectivity index (χ1v) is 8.75. The predicted molar refractivity (Wildman–Crippen MR) is 98.0 cm³/mol. The second-order valence-electron chi connectivity index (χ2n) is 6.87. The first-order chi connectivity index (χ1) is 11.0. The van der Waals surface area contributed by atoms with Gasteiger partial charge in [-0.2, -0.15) is 0 Å². The molecule has 1 heterocycles. The minimum Gasteiger partial charge on any atom is -0.400 e. The van der Waals surface area contributed by atoms with E-state index in [2.05, 4.69) is 0 Å². The van der Waals surface area contributed by atoms with Gasteiger partial charge in [-0.05, 0) is 50.9 Å². The summed E-state index contributed by atoms with van der Waals surface area (Å²) in [5, 5.41) is 0.0102. The number of hydrogen-bond acceptors (Lipinski definition) is 5. The van der Waals surface area contributed by atoms with Crippen LogP contribution in [-0.2, 0) is 14.1 Å². The van der Waals surface area contributed by atoms with Crippen LogP contribution in [0.25, 0.3) is 6.08 Å². The molecule has 1 aliphatic rings. The molecule has 1 aromatic carbocycles. The Balaban J connectivity index is 2.33. The molecule has 130 valence electrons. The minimum absolute atomic E-state index is 0.0102. The Bertz CT molecular complexity index is 660. The van der Waals surface area contributed by atoms with Crippen LogP contribution in [0.1, 0.15) is 40.2 Å². The van der Waals surface area contributed by atoms with Crippen LogP contribution in [0.2, 0.25) is 0 Å². The minimum atomic E-state index is -0.562. The van der Waals surface area contributed by atoms with Gasteiger partial charge in [0.25, 0.3) is 0 Å². The van der Waals surface area contributed by atoms with E-state index in [9.17, 15) is 9.18 Å². The Kier molecular flexibility index (Phi) is 5.47. The zero-order valence-corrected chi connectivity index (χ0v) is 15.5. The van der Waals surface area contributed by atoms with Gasteiger partial charge in [-0.1, -0.05) is 23.9 Å². The molecular weight excluding hydrogens is 328 g/mol. The Hall–Kier alpha value is -1.31. The molecule has 4 nitrogen and oxygen atoms in total. The standard InChI is InChI=1S/C17H23BFNO3S/c1-11(21)24-10-13(8-12-6-7-14(19)15(20)9-12)18-22-16(2,3)17(4,5)23-18/h6-9H,10,20H2,1-5H3. The molecule has 1 saturated heterocycles. The van der Waals surface area contributed by atoms with Crippen LogP contribution in [0.3, 0.4) is 0 Å². The lowest BCUT2D eigenvalue weighted by atomic mass is 9.78. The van der Waals surface area contributed by atoms with E-state index in [1.54, 1.807) is 12.1 Å². The Morgan fingerprint density at radius 1 is 1.29 bits per heavy atom. The fraction of sp³-hybridized carbons (Fsp3) is 0.471. The van der Waals surface area contributed by atoms with Gasteiger partial charge in [0, 0.05) is 12.7 Å². The van der Waals surface area contributed by atoms with Crippen LogP contribution in [0.4, 0.5) is 10.1 Å². The van der Waals surface area contributed by atoms with Gasteiger partial charge in [0.15, 0.2) is 5.12 Å². The van der Waals surface area contributed by atoms with Gasteiger partial charge in [-0.3, -0.25) is 4.79 Å². The zero-order chi connectivity index (χ0) is 18.1. The number of nitrogens with two attached hydrogens (primary N) is 1. The molecule has 2 N–H and O–H groups in total. The number of halogens is 1. The van der Waals surface area contributed by atoms with Gasteiger partial charge in [0.1, 0.15) is 5.82 Å². The lowest BCUT2D eigenvalue weighted by Crippen LogP contribution is -2.41. The van der Waals surface area contributed by atoms with E-state index in [0.717, 1.165) is 11.0 Å². The maximum Gasteiger partial charge on any atom is 0.491 e. The van der Waals surface area contributed by atoms with Crippen LogP contribution >= 0.6 is 11.8 Å². The van der Waals surface area contributed by atoms with E-state index >= 15 is 0 Å². The van der Waals surface area contributed by atoms with E-state index in [1.165, 1.54) is 24.8 Å². The second-order valence-corrected chi connectivity index (χ2v) is 8.02. The quantitative estimate of drug-likeness (QED) is 0.662. The van der Waals surface area contributed by atoms with Crippen molar-refractivity contribution in [3.63, 3.8) is 0 Å². The van der Waals surface area contributed by atoms with Crippen molar-refractivity contribution in [3.05, 3.63) is 35.1 Å². The molecule has 0 aliphatic carbocycles. The topological polar surface area (TPSA) is 61.6 Å². The highest BCUT2D eigenvalue weighted by atomic mass is 32.2. The monoisotopic (exact) mass is 351 g/mol. The highest BCUT2D eigenvalue weighted by molar-refractivity contribution is 8.13. The lowest BCUT2D eigenvalue weighted by Gasteiger charge is -2.32. The summed E-state index contributed by atoms with van der Waals surface area (Å²) in [7, 11) is -0.562. The molecule has 0 unspecified atom stereocenters. The number of rotatable bonds is 4. The molecule has 24 heavy (non-hydrogen) atoms. The summed E-state index contributed by atoms with van der Waals surface area (Å²) < 4.78 is 25.5. The van der Waals surface area contributed by atoms with Crippen molar-refractivity contribution in [2.45, 2.75) is 45.8 Å². The fourth-order valence-electron chi connectivity index (χ4n) is 2.22. The molecule has 0 spiro atoms. The van der Waals surface area contributed by atoms with Gasteiger partial charge < -0.3 is 15.0 Å². The lowest BCUT2D eigenvalue weighted by molar-refractivity contribution is -0.109. The average molecular weight is 351 g/mol. The molecule has 0 amide bonds. The number of hydrogen-bond donors (Lipinski definition) is 1. The van der Waals surface area contributed by atoms with Gasteiger partial charge >= 0.3 is 7.12 Å². The van der Waals surface area contributed by atoms with Crippen LogP contribution in [-0.4, -0.2) is 29.2 Å². The summed E-state index contributed by atoms with van der Waals surface area (Å²) in [6.45, 7) is 9.40. The zero-order valence-electron chi connectivity index (χ0n) is 14.7. The Morgan fingerprint density at radius 3 is 2.38 bits per heavy atom. The highest BCUT2D eigenvalue weighted by Crippen LogP contribution is 2.39. The van der Waals surface area contributed by atoms with Gasteiger partial charge in [-0.15, -0.1) is 0 Å². The normalized spacial score (nSPS) is 19.6. The van der Waals surface area contributed by atoms with E-state index in [-0.39, 0.29) is 10.8 Å². The summed E-state index contributed by atoms with van der Waals surface area (Å²) >= 11 is 1.18. The SMILES string of the molecule is CC(=O)SCC(=Cc1ccc(F)c(N)c1)B1OC(C)(C)C(C)(C)O1. The number of carbonyl (C=O) groups excluding carboxylic acids is 1. The maximum absolute atomic E-state index is 13.4. The van der Waals surface area contributed by atoms with Gasteiger partial charge in [0.05, 0.1) is 16.9 Å². The van der Waals surface area contributed by atoms with Crippen molar-refractivity contribution in [3.8, 4) is 0 Å². The highest BCUT2D eigenvalue weighted by Gasteiger charge is 2.52. The number of carbonyl (C=O) groups is 1. The summed E-state index contributed by atoms with van der Waals surface area (Å²) in [4.78, 5) is 11.4. The molecule has 1 fully saturated rings. The summed E-state index contributed by atoms with van der Waals surface area (Å²) in [5.74, 6) is -0.0221. The number of nitrogen functional groups attached to an aromatic ring is 1. The fourth-order valence-corrected chi connectivity index (χ4v) is 2.81. The predicted octanol–water partition coefficient (Wildman–Crippen LogP) is 3.70. The number of anilines is 1. The molecule has 0 saturated carbocycles. The molecular formula is C17H23BFNO3S. The van der Waals surface area contributed by atoms with Crippen LogP contribution in [0.5, 0.6) is 0 Å². The summed E-state index contributed by atoms with van der Waals surface area (Å²) in [6, 6.07) is 4.51. The Morgan fingerprint density at radius 2 is 1.88 bits per heavy atom. The van der Waals surface area contributed by atoms with E-state index in [4.69, 9.17) is 15.0 Å². The van der Waals surface area contributed by atoms with Crippen LogP contribution < -0.4 is 5.73 Å². The van der Waals surface area contributed by atoms with E-state index < -0.39 is 24.1 Å². The number of benzene rings is 1. The third-order valence-corrected chi connectivity index (χ3v) is 5.25. The van der Waals surface area contributed by atoms with Crippen LogP contribution in [0.15, 0.2) is 23.7 Å². The maximum atomic E-state index is 13.4. The van der Waals surface area contributed by atoms with E-state index in [1.807, 2.05) is 33.8 Å². The third-order valence-electron chi connectivity index (χ3n) is 4.37.